The van der Waals surface area contributed by atoms with Crippen LogP contribution >= 0.6 is 0 Å². The highest BCUT2D eigenvalue weighted by Gasteiger charge is 2.34. The minimum absolute atomic E-state index is 0.0769. The smallest absolute Gasteiger partial charge is 0.317 e. The number of rotatable bonds is 5. The molecule has 0 aromatic carbocycles. The number of carbonyl (C=O) groups excluding carboxylic acids is 1. The van der Waals surface area contributed by atoms with Gasteiger partial charge in [0.25, 0.3) is 0 Å². The van der Waals surface area contributed by atoms with Crippen LogP contribution in [0.5, 0.6) is 0 Å². The van der Waals surface area contributed by atoms with Gasteiger partial charge in [-0.25, -0.2) is 4.79 Å². The molecule has 122 valence electrons. The summed E-state index contributed by atoms with van der Waals surface area (Å²) < 4.78 is 5.15. The molecule has 2 saturated carbocycles. The second-order valence-electron chi connectivity index (χ2n) is 6.85. The number of nitrogens with one attached hydrogen (secondary N) is 1. The van der Waals surface area contributed by atoms with E-state index in [9.17, 15) is 4.79 Å². The minimum Gasteiger partial charge on any atom is -0.361 e. The number of hydrogen-bond acceptors (Lipinski definition) is 3. The molecule has 0 bridgehead atoms. The van der Waals surface area contributed by atoms with Crippen molar-refractivity contribution in [3.8, 4) is 0 Å². The van der Waals surface area contributed by atoms with E-state index in [0.29, 0.717) is 18.5 Å². The van der Waals surface area contributed by atoms with Crippen molar-refractivity contribution in [3.63, 3.8) is 0 Å². The van der Waals surface area contributed by atoms with E-state index in [4.69, 9.17) is 4.52 Å². The molecule has 1 heterocycles. The van der Waals surface area contributed by atoms with Gasteiger partial charge in [-0.2, -0.15) is 0 Å². The van der Waals surface area contributed by atoms with Gasteiger partial charge < -0.3 is 14.7 Å². The van der Waals surface area contributed by atoms with Crippen molar-refractivity contribution in [3.05, 3.63) is 17.0 Å². The molecule has 22 heavy (non-hydrogen) atoms. The van der Waals surface area contributed by atoms with Gasteiger partial charge in [0.2, 0.25) is 0 Å². The first-order valence-corrected chi connectivity index (χ1v) is 8.61. The molecule has 0 unspecified atom stereocenters. The predicted molar refractivity (Wildman–Crippen MR) is 84.5 cm³/mol. The van der Waals surface area contributed by atoms with Gasteiger partial charge in [-0.1, -0.05) is 24.4 Å². The standard InChI is InChI=1S/C17H27N3O2/c1-12-16(13(2)22-19-12)10-18-17(21)20(15-8-9-15)11-14-6-4-3-5-7-14/h14-15H,3-11H2,1-2H3,(H,18,21). The summed E-state index contributed by atoms with van der Waals surface area (Å²) in [6.45, 7) is 5.24. The molecule has 3 rings (SSSR count). The molecule has 2 aliphatic rings. The summed E-state index contributed by atoms with van der Waals surface area (Å²) in [5.74, 6) is 1.49. The molecule has 1 N–H and O–H groups in total. The average molecular weight is 305 g/mol. The Morgan fingerprint density at radius 1 is 1.23 bits per heavy atom. The summed E-state index contributed by atoms with van der Waals surface area (Å²) in [6.07, 6.45) is 8.88. The number of amides is 2. The van der Waals surface area contributed by atoms with E-state index in [1.165, 1.54) is 32.1 Å². The Bertz CT molecular complexity index is 496. The SMILES string of the molecule is Cc1noc(C)c1CNC(=O)N(CC1CCCCC1)C1CC1. The van der Waals surface area contributed by atoms with Crippen molar-refractivity contribution in [2.75, 3.05) is 6.54 Å². The second-order valence-corrected chi connectivity index (χ2v) is 6.85. The van der Waals surface area contributed by atoms with Gasteiger partial charge in [-0.3, -0.25) is 0 Å². The highest BCUT2D eigenvalue weighted by atomic mass is 16.5. The first-order chi connectivity index (χ1) is 10.6. The van der Waals surface area contributed by atoms with Crippen molar-refractivity contribution in [1.82, 2.24) is 15.4 Å². The fourth-order valence-electron chi connectivity index (χ4n) is 3.45. The summed E-state index contributed by atoms with van der Waals surface area (Å²) in [4.78, 5) is 14.7. The zero-order valence-electron chi connectivity index (χ0n) is 13.7. The lowest BCUT2D eigenvalue weighted by Crippen LogP contribution is -2.44. The summed E-state index contributed by atoms with van der Waals surface area (Å²) in [6, 6.07) is 0.541. The Morgan fingerprint density at radius 2 is 1.95 bits per heavy atom. The Kier molecular flexibility index (Phi) is 4.69. The monoisotopic (exact) mass is 305 g/mol. The summed E-state index contributed by atoms with van der Waals surface area (Å²) in [5, 5.41) is 7.00. The minimum atomic E-state index is 0.0769. The van der Waals surface area contributed by atoms with Crippen molar-refractivity contribution in [2.24, 2.45) is 5.92 Å². The van der Waals surface area contributed by atoms with Crippen LogP contribution in [-0.4, -0.2) is 28.7 Å². The Morgan fingerprint density at radius 3 is 2.55 bits per heavy atom. The van der Waals surface area contributed by atoms with Crippen LogP contribution in [0.1, 0.15) is 62.0 Å². The van der Waals surface area contributed by atoms with Crippen molar-refractivity contribution >= 4 is 6.03 Å². The van der Waals surface area contributed by atoms with Crippen LogP contribution in [-0.2, 0) is 6.54 Å². The van der Waals surface area contributed by atoms with E-state index in [-0.39, 0.29) is 6.03 Å². The number of aromatic nitrogens is 1. The number of nitrogens with zero attached hydrogens (tertiary/aromatic N) is 2. The highest BCUT2D eigenvalue weighted by Crippen LogP contribution is 2.31. The molecule has 5 heteroatoms. The number of urea groups is 1. The number of aryl methyl sites for hydroxylation is 2. The maximum absolute atomic E-state index is 12.6. The lowest BCUT2D eigenvalue weighted by atomic mass is 9.89. The molecule has 2 amide bonds. The van der Waals surface area contributed by atoms with Crippen molar-refractivity contribution < 1.29 is 9.32 Å². The van der Waals surface area contributed by atoms with Gasteiger partial charge in [-0.15, -0.1) is 0 Å². The first kappa shape index (κ1) is 15.4. The third kappa shape index (κ3) is 3.62. The molecule has 1 aromatic rings. The lowest BCUT2D eigenvalue weighted by molar-refractivity contribution is 0.174. The Balaban J connectivity index is 1.56. The molecule has 5 nitrogen and oxygen atoms in total. The fourth-order valence-corrected chi connectivity index (χ4v) is 3.45. The van der Waals surface area contributed by atoms with Gasteiger partial charge in [-0.05, 0) is 45.4 Å². The third-order valence-electron chi connectivity index (χ3n) is 5.03. The van der Waals surface area contributed by atoms with E-state index in [1.54, 1.807) is 0 Å². The summed E-state index contributed by atoms with van der Waals surface area (Å²) in [5.41, 5.74) is 1.87. The van der Waals surface area contributed by atoms with Crippen LogP contribution in [0, 0.1) is 19.8 Å². The normalized spacial score (nSPS) is 19.2. The van der Waals surface area contributed by atoms with Gasteiger partial charge in [0.15, 0.2) is 0 Å². The lowest BCUT2D eigenvalue weighted by Gasteiger charge is -2.30. The molecule has 2 aliphatic carbocycles. The van der Waals surface area contributed by atoms with Gasteiger partial charge in [0.05, 0.1) is 5.69 Å². The van der Waals surface area contributed by atoms with E-state index < -0.39 is 0 Å². The second kappa shape index (κ2) is 6.71. The highest BCUT2D eigenvalue weighted by molar-refractivity contribution is 5.75. The van der Waals surface area contributed by atoms with E-state index in [2.05, 4.69) is 15.4 Å². The van der Waals surface area contributed by atoms with Gasteiger partial charge in [0, 0.05) is 24.7 Å². The van der Waals surface area contributed by atoms with Gasteiger partial charge in [0.1, 0.15) is 5.76 Å². The molecular formula is C17H27N3O2. The molecule has 0 radical (unpaired) electrons. The third-order valence-corrected chi connectivity index (χ3v) is 5.03. The van der Waals surface area contributed by atoms with Crippen molar-refractivity contribution in [2.45, 2.75) is 71.4 Å². The predicted octanol–water partition coefficient (Wildman–Crippen LogP) is 3.55. The summed E-state index contributed by atoms with van der Waals surface area (Å²) >= 11 is 0. The molecule has 0 spiro atoms. The zero-order valence-corrected chi connectivity index (χ0v) is 13.7. The number of carbonyl (C=O) groups is 1. The van der Waals surface area contributed by atoms with Crippen molar-refractivity contribution in [1.29, 1.82) is 0 Å². The molecule has 2 fully saturated rings. The molecule has 0 aliphatic heterocycles. The van der Waals surface area contributed by atoms with Gasteiger partial charge >= 0.3 is 6.03 Å². The quantitative estimate of drug-likeness (QED) is 0.905. The average Bonchev–Trinajstić information content (AvgIpc) is 3.31. The van der Waals surface area contributed by atoms with Crippen LogP contribution in [0.15, 0.2) is 4.52 Å². The molecule has 1 aromatic heterocycles. The molecule has 0 atom stereocenters. The zero-order chi connectivity index (χ0) is 15.5. The van der Waals surface area contributed by atoms with Crippen LogP contribution < -0.4 is 5.32 Å². The maximum atomic E-state index is 12.6. The van der Waals surface area contributed by atoms with E-state index in [0.717, 1.165) is 36.4 Å². The maximum Gasteiger partial charge on any atom is 0.317 e. The Labute approximate surface area is 132 Å². The topological polar surface area (TPSA) is 58.4 Å². The van der Waals surface area contributed by atoms with E-state index in [1.807, 2.05) is 13.8 Å². The number of hydrogen-bond donors (Lipinski definition) is 1. The molecular weight excluding hydrogens is 278 g/mol. The largest absolute Gasteiger partial charge is 0.361 e. The van der Waals surface area contributed by atoms with E-state index >= 15 is 0 Å². The Hall–Kier alpha value is -1.52. The van der Waals surface area contributed by atoms with Crippen LogP contribution in [0.2, 0.25) is 0 Å². The fraction of sp³-hybridized carbons (Fsp3) is 0.765. The van der Waals surface area contributed by atoms with Crippen LogP contribution in [0.25, 0.3) is 0 Å². The molecule has 0 saturated heterocycles. The van der Waals surface area contributed by atoms with Crippen LogP contribution in [0.4, 0.5) is 4.79 Å². The first-order valence-electron chi connectivity index (χ1n) is 8.61. The summed E-state index contributed by atoms with van der Waals surface area (Å²) in [7, 11) is 0. The van der Waals surface area contributed by atoms with Crippen LogP contribution in [0.3, 0.4) is 0 Å².